The summed E-state index contributed by atoms with van der Waals surface area (Å²) in [5, 5.41) is 7.89. The third-order valence-electron chi connectivity index (χ3n) is 2.73. The Morgan fingerprint density at radius 3 is 2.47 bits per heavy atom. The normalized spacial score (nSPS) is 15.5. The van der Waals surface area contributed by atoms with Crippen molar-refractivity contribution in [2.75, 3.05) is 0 Å². The summed E-state index contributed by atoms with van der Waals surface area (Å²) in [5.74, 6) is 0.787. The molecule has 0 spiro atoms. The third kappa shape index (κ3) is 1.63. The van der Waals surface area contributed by atoms with Crippen LogP contribution in [-0.2, 0) is 0 Å². The zero-order chi connectivity index (χ0) is 10.3. The van der Waals surface area contributed by atoms with Crippen molar-refractivity contribution in [1.82, 2.24) is 14.8 Å². The van der Waals surface area contributed by atoms with Crippen molar-refractivity contribution in [1.29, 1.82) is 0 Å². The fourth-order valence-corrected chi connectivity index (χ4v) is 1.90. The Morgan fingerprint density at radius 2 is 1.93 bits per heavy atom. The van der Waals surface area contributed by atoms with E-state index in [0.29, 0.717) is 5.28 Å². The molecule has 3 nitrogen and oxygen atoms in total. The maximum absolute atomic E-state index is 5.88. The summed E-state index contributed by atoms with van der Waals surface area (Å²) in [6.45, 7) is 0. The Hall–Kier alpha value is -1.35. The summed E-state index contributed by atoms with van der Waals surface area (Å²) >= 11 is 5.88. The van der Waals surface area contributed by atoms with Crippen molar-refractivity contribution in [3.63, 3.8) is 0 Å². The van der Waals surface area contributed by atoms with Crippen LogP contribution < -0.4 is 0 Å². The first kappa shape index (κ1) is 8.92. The number of rotatable bonds is 2. The second-order valence-corrected chi connectivity index (χ2v) is 4.17. The molecule has 1 heterocycles. The van der Waals surface area contributed by atoms with Gasteiger partial charge in [0.15, 0.2) is 0 Å². The fourth-order valence-electron chi connectivity index (χ4n) is 1.72. The fraction of sp³-hybridized carbons (Fsp3) is 0.273. The highest BCUT2D eigenvalue weighted by molar-refractivity contribution is 6.28. The molecule has 15 heavy (non-hydrogen) atoms. The third-order valence-corrected chi connectivity index (χ3v) is 2.98. The van der Waals surface area contributed by atoms with Crippen LogP contribution in [-0.4, -0.2) is 14.8 Å². The predicted molar refractivity (Wildman–Crippen MR) is 58.3 cm³/mol. The topological polar surface area (TPSA) is 30.7 Å². The SMILES string of the molecule is Clc1nncn1-c1ccc(C2CC2)cc1. The van der Waals surface area contributed by atoms with Crippen molar-refractivity contribution in [2.45, 2.75) is 18.8 Å². The average molecular weight is 220 g/mol. The Kier molecular flexibility index (Phi) is 1.99. The van der Waals surface area contributed by atoms with E-state index in [9.17, 15) is 0 Å². The van der Waals surface area contributed by atoms with E-state index in [1.54, 1.807) is 10.9 Å². The number of aromatic nitrogens is 3. The molecule has 0 amide bonds. The molecule has 4 heteroatoms. The first-order valence-corrected chi connectivity index (χ1v) is 5.38. The molecule has 1 aliphatic rings. The van der Waals surface area contributed by atoms with E-state index in [-0.39, 0.29) is 0 Å². The van der Waals surface area contributed by atoms with Gasteiger partial charge in [0.2, 0.25) is 5.28 Å². The van der Waals surface area contributed by atoms with Crippen LogP contribution in [0, 0.1) is 0 Å². The lowest BCUT2D eigenvalue weighted by atomic mass is 10.1. The summed E-state index contributed by atoms with van der Waals surface area (Å²) in [4.78, 5) is 0. The number of hydrogen-bond donors (Lipinski definition) is 0. The second kappa shape index (κ2) is 3.35. The maximum Gasteiger partial charge on any atom is 0.229 e. The van der Waals surface area contributed by atoms with Gasteiger partial charge in [-0.25, -0.2) is 0 Å². The molecule has 0 N–H and O–H groups in total. The van der Waals surface area contributed by atoms with Gasteiger partial charge in [0, 0.05) is 5.69 Å². The van der Waals surface area contributed by atoms with Gasteiger partial charge in [0.25, 0.3) is 0 Å². The predicted octanol–water partition coefficient (Wildman–Crippen LogP) is 2.80. The Labute approximate surface area is 92.7 Å². The quantitative estimate of drug-likeness (QED) is 0.778. The van der Waals surface area contributed by atoms with Crippen LogP contribution in [0.5, 0.6) is 0 Å². The molecular formula is C11H10ClN3. The minimum Gasteiger partial charge on any atom is -0.272 e. The molecule has 0 radical (unpaired) electrons. The first-order chi connectivity index (χ1) is 7.34. The largest absolute Gasteiger partial charge is 0.272 e. The van der Waals surface area contributed by atoms with Crippen molar-refractivity contribution >= 4 is 11.6 Å². The second-order valence-electron chi connectivity index (χ2n) is 3.84. The van der Waals surface area contributed by atoms with Gasteiger partial charge in [-0.1, -0.05) is 12.1 Å². The lowest BCUT2D eigenvalue weighted by Gasteiger charge is -2.03. The molecule has 1 aromatic heterocycles. The highest BCUT2D eigenvalue weighted by Crippen LogP contribution is 2.40. The molecule has 0 saturated heterocycles. The Bertz CT molecular complexity index is 471. The minimum absolute atomic E-state index is 0.397. The van der Waals surface area contributed by atoms with Gasteiger partial charge in [0.1, 0.15) is 6.33 Å². The molecule has 0 aliphatic heterocycles. The van der Waals surface area contributed by atoms with E-state index >= 15 is 0 Å². The molecule has 1 aliphatic carbocycles. The lowest BCUT2D eigenvalue weighted by Crippen LogP contribution is -1.92. The van der Waals surface area contributed by atoms with Gasteiger partial charge in [-0.2, -0.15) is 0 Å². The van der Waals surface area contributed by atoms with Crippen LogP contribution in [0.1, 0.15) is 24.3 Å². The van der Waals surface area contributed by atoms with Crippen LogP contribution in [0.25, 0.3) is 5.69 Å². The van der Waals surface area contributed by atoms with E-state index in [0.717, 1.165) is 11.6 Å². The molecule has 0 bridgehead atoms. The van der Waals surface area contributed by atoms with E-state index in [4.69, 9.17) is 11.6 Å². The molecule has 1 saturated carbocycles. The van der Waals surface area contributed by atoms with E-state index in [1.807, 2.05) is 0 Å². The highest BCUT2D eigenvalue weighted by Gasteiger charge is 2.23. The molecule has 1 fully saturated rings. The van der Waals surface area contributed by atoms with Gasteiger partial charge in [-0.3, -0.25) is 4.57 Å². The zero-order valence-corrected chi connectivity index (χ0v) is 8.85. The van der Waals surface area contributed by atoms with Crippen LogP contribution in [0.15, 0.2) is 30.6 Å². The smallest absolute Gasteiger partial charge is 0.229 e. The zero-order valence-electron chi connectivity index (χ0n) is 8.10. The number of nitrogens with zero attached hydrogens (tertiary/aromatic N) is 3. The van der Waals surface area contributed by atoms with Crippen molar-refractivity contribution < 1.29 is 0 Å². The monoisotopic (exact) mass is 219 g/mol. The van der Waals surface area contributed by atoms with Crippen molar-refractivity contribution in [3.05, 3.63) is 41.4 Å². The summed E-state index contributed by atoms with van der Waals surface area (Å²) in [7, 11) is 0. The molecule has 1 aromatic carbocycles. The van der Waals surface area contributed by atoms with Crippen molar-refractivity contribution in [2.24, 2.45) is 0 Å². The molecule has 0 unspecified atom stereocenters. The number of hydrogen-bond acceptors (Lipinski definition) is 2. The molecule has 3 rings (SSSR count). The van der Waals surface area contributed by atoms with Gasteiger partial charge >= 0.3 is 0 Å². The average Bonchev–Trinajstić information content (AvgIpc) is 3.02. The molecule has 2 aromatic rings. The summed E-state index contributed by atoms with van der Waals surface area (Å²) in [5.41, 5.74) is 2.43. The lowest BCUT2D eigenvalue weighted by molar-refractivity contribution is 1.04. The minimum atomic E-state index is 0.397. The number of halogens is 1. The van der Waals surface area contributed by atoms with Gasteiger partial charge in [-0.05, 0) is 48.1 Å². The van der Waals surface area contributed by atoms with Gasteiger partial charge in [0.05, 0.1) is 0 Å². The highest BCUT2D eigenvalue weighted by atomic mass is 35.5. The maximum atomic E-state index is 5.88. The molecule has 0 atom stereocenters. The Morgan fingerprint density at radius 1 is 1.20 bits per heavy atom. The van der Waals surface area contributed by atoms with E-state index in [2.05, 4.69) is 34.5 Å². The van der Waals surface area contributed by atoms with E-state index in [1.165, 1.54) is 18.4 Å². The Balaban J connectivity index is 1.96. The standard InChI is InChI=1S/C11H10ClN3/c12-11-14-13-7-15(11)10-5-3-9(4-6-10)8-1-2-8/h3-8H,1-2H2. The van der Waals surface area contributed by atoms with E-state index < -0.39 is 0 Å². The summed E-state index contributed by atoms with van der Waals surface area (Å²) in [6.07, 6.45) is 4.27. The van der Waals surface area contributed by atoms with Crippen LogP contribution >= 0.6 is 11.6 Å². The number of benzene rings is 1. The van der Waals surface area contributed by atoms with Crippen molar-refractivity contribution in [3.8, 4) is 5.69 Å². The molecular weight excluding hydrogens is 210 g/mol. The van der Waals surface area contributed by atoms with Gasteiger partial charge in [-0.15, -0.1) is 10.2 Å². The molecule has 76 valence electrons. The summed E-state index contributed by atoms with van der Waals surface area (Å²) in [6, 6.07) is 8.43. The van der Waals surface area contributed by atoms with Crippen LogP contribution in [0.4, 0.5) is 0 Å². The van der Waals surface area contributed by atoms with Crippen LogP contribution in [0.3, 0.4) is 0 Å². The van der Waals surface area contributed by atoms with Crippen LogP contribution in [0.2, 0.25) is 5.28 Å². The summed E-state index contributed by atoms with van der Waals surface area (Å²) < 4.78 is 1.76. The first-order valence-electron chi connectivity index (χ1n) is 5.00. The van der Waals surface area contributed by atoms with Gasteiger partial charge < -0.3 is 0 Å².